The standard InChI is InChI=1S/C20H11F6N3.CH3F/c21-11-7-9-12(10-8-11)27-19-18(17-13(22)3-1-4-14(17)23)28-16-6-2-5-15(29(16)19)20(24,25)26;1-2/h1-10,27H;1H3. The topological polar surface area (TPSA) is 29.3 Å². The Hall–Kier alpha value is -3.56. The molecule has 2 aromatic carbocycles. The van der Waals surface area contributed by atoms with Gasteiger partial charge < -0.3 is 5.32 Å². The molecule has 0 aliphatic heterocycles. The number of nitrogens with zero attached hydrogens (tertiary/aromatic N) is 2. The number of alkyl halides is 4. The van der Waals surface area contributed by atoms with Crippen molar-refractivity contribution in [2.45, 2.75) is 6.18 Å². The zero-order valence-electron chi connectivity index (χ0n) is 15.8. The van der Waals surface area contributed by atoms with E-state index < -0.39 is 34.9 Å². The predicted octanol–water partition coefficient (Wildman–Crippen LogP) is 6.77. The minimum atomic E-state index is -4.76. The number of imidazole rings is 1. The van der Waals surface area contributed by atoms with E-state index in [2.05, 4.69) is 10.3 Å². The van der Waals surface area contributed by atoms with Gasteiger partial charge in [-0.3, -0.25) is 8.79 Å². The number of hydrogen-bond acceptors (Lipinski definition) is 2. The van der Waals surface area contributed by atoms with E-state index >= 15 is 0 Å². The van der Waals surface area contributed by atoms with E-state index in [4.69, 9.17) is 0 Å². The number of benzene rings is 2. The fraction of sp³-hybridized carbons (Fsp3) is 0.0952. The van der Waals surface area contributed by atoms with Crippen LogP contribution in [0, 0.1) is 17.5 Å². The van der Waals surface area contributed by atoms with Crippen LogP contribution in [-0.4, -0.2) is 16.6 Å². The molecule has 2 heterocycles. The van der Waals surface area contributed by atoms with Gasteiger partial charge in [0.05, 0.1) is 12.7 Å². The van der Waals surface area contributed by atoms with Gasteiger partial charge in [-0.15, -0.1) is 0 Å². The van der Waals surface area contributed by atoms with Gasteiger partial charge in [0, 0.05) is 5.69 Å². The van der Waals surface area contributed by atoms with Crippen molar-refractivity contribution in [3.8, 4) is 11.3 Å². The second kappa shape index (κ2) is 8.66. The first-order valence-corrected chi connectivity index (χ1v) is 8.69. The summed E-state index contributed by atoms with van der Waals surface area (Å²) in [5, 5.41) is 2.69. The summed E-state index contributed by atoms with van der Waals surface area (Å²) in [5.74, 6) is -2.82. The number of fused-ring (bicyclic) bond motifs is 1. The van der Waals surface area contributed by atoms with Gasteiger partial charge in [-0.25, -0.2) is 18.2 Å². The van der Waals surface area contributed by atoms with Crippen molar-refractivity contribution in [2.24, 2.45) is 0 Å². The third-order valence-corrected chi connectivity index (χ3v) is 4.24. The average Bonchev–Trinajstić information content (AvgIpc) is 3.08. The van der Waals surface area contributed by atoms with Crippen molar-refractivity contribution < 1.29 is 30.7 Å². The summed E-state index contributed by atoms with van der Waals surface area (Å²) >= 11 is 0. The molecule has 4 rings (SSSR count). The molecule has 0 atom stereocenters. The van der Waals surface area contributed by atoms with E-state index in [1.54, 1.807) is 0 Å². The number of rotatable bonds is 3. The molecule has 0 saturated heterocycles. The highest BCUT2D eigenvalue weighted by Crippen LogP contribution is 2.38. The Labute approximate surface area is 171 Å². The lowest BCUT2D eigenvalue weighted by Crippen LogP contribution is -2.12. The Morgan fingerprint density at radius 1 is 0.806 bits per heavy atom. The van der Waals surface area contributed by atoms with E-state index in [1.807, 2.05) is 0 Å². The molecule has 0 aliphatic rings. The number of aromatic nitrogens is 2. The Kier molecular flexibility index (Phi) is 6.19. The van der Waals surface area contributed by atoms with E-state index in [1.165, 1.54) is 18.2 Å². The number of anilines is 2. The second-order valence-corrected chi connectivity index (χ2v) is 6.14. The largest absolute Gasteiger partial charge is 0.431 e. The quantitative estimate of drug-likeness (QED) is 0.356. The van der Waals surface area contributed by atoms with Gasteiger partial charge in [0.1, 0.15) is 40.3 Å². The number of nitrogens with one attached hydrogen (secondary N) is 1. The molecule has 0 saturated carbocycles. The van der Waals surface area contributed by atoms with E-state index in [9.17, 15) is 30.7 Å². The van der Waals surface area contributed by atoms with Gasteiger partial charge in [0.25, 0.3) is 0 Å². The molecule has 0 spiro atoms. The van der Waals surface area contributed by atoms with Crippen LogP contribution in [0.4, 0.5) is 42.2 Å². The van der Waals surface area contributed by atoms with Crippen molar-refractivity contribution in [3.63, 3.8) is 0 Å². The third-order valence-electron chi connectivity index (χ3n) is 4.24. The monoisotopic (exact) mass is 441 g/mol. The van der Waals surface area contributed by atoms with Gasteiger partial charge >= 0.3 is 6.18 Å². The highest BCUT2D eigenvalue weighted by atomic mass is 19.4. The molecule has 162 valence electrons. The van der Waals surface area contributed by atoms with Crippen LogP contribution in [0.15, 0.2) is 60.7 Å². The maximum absolute atomic E-state index is 14.4. The van der Waals surface area contributed by atoms with Gasteiger partial charge in [0.15, 0.2) is 0 Å². The first-order chi connectivity index (χ1) is 14.8. The minimum Gasteiger partial charge on any atom is -0.339 e. The summed E-state index contributed by atoms with van der Waals surface area (Å²) < 4.78 is 92.9. The van der Waals surface area contributed by atoms with Crippen molar-refractivity contribution in [1.29, 1.82) is 0 Å². The Morgan fingerprint density at radius 3 is 1.97 bits per heavy atom. The van der Waals surface area contributed by atoms with E-state index in [0.29, 0.717) is 7.18 Å². The first kappa shape index (κ1) is 22.1. The highest BCUT2D eigenvalue weighted by molar-refractivity contribution is 5.80. The molecule has 3 nitrogen and oxygen atoms in total. The molecule has 31 heavy (non-hydrogen) atoms. The SMILES string of the molecule is CF.Fc1ccc(Nc2c(-c3c(F)cccc3F)nc3cccc(C(F)(F)F)n23)cc1. The summed E-state index contributed by atoms with van der Waals surface area (Å²) in [6.45, 7) is 0. The van der Waals surface area contributed by atoms with Gasteiger partial charge in [-0.1, -0.05) is 12.1 Å². The average molecular weight is 441 g/mol. The molecular weight excluding hydrogens is 427 g/mol. The Bertz CT molecular complexity index is 1180. The highest BCUT2D eigenvalue weighted by Gasteiger charge is 2.35. The lowest BCUT2D eigenvalue weighted by atomic mass is 10.1. The second-order valence-electron chi connectivity index (χ2n) is 6.14. The predicted molar refractivity (Wildman–Crippen MR) is 102 cm³/mol. The fourth-order valence-electron chi connectivity index (χ4n) is 3.00. The zero-order valence-corrected chi connectivity index (χ0v) is 15.8. The molecule has 0 amide bonds. The molecule has 2 aromatic heterocycles. The van der Waals surface area contributed by atoms with E-state index in [0.717, 1.165) is 46.9 Å². The first-order valence-electron chi connectivity index (χ1n) is 8.69. The van der Waals surface area contributed by atoms with Crippen LogP contribution in [0.25, 0.3) is 16.9 Å². The number of halogens is 7. The fourth-order valence-corrected chi connectivity index (χ4v) is 3.00. The number of hydrogen-bond donors (Lipinski definition) is 1. The van der Waals surface area contributed by atoms with Crippen LogP contribution < -0.4 is 5.32 Å². The minimum absolute atomic E-state index is 0.165. The lowest BCUT2D eigenvalue weighted by Gasteiger charge is -2.14. The van der Waals surface area contributed by atoms with Crippen molar-refractivity contribution in [1.82, 2.24) is 9.38 Å². The third kappa shape index (κ3) is 4.32. The summed E-state index contributed by atoms with van der Waals surface area (Å²) in [7, 11) is 0.500. The van der Waals surface area contributed by atoms with Gasteiger partial charge in [-0.05, 0) is 48.5 Å². The Morgan fingerprint density at radius 2 is 1.39 bits per heavy atom. The van der Waals surface area contributed by atoms with E-state index in [-0.39, 0.29) is 22.8 Å². The van der Waals surface area contributed by atoms with Crippen LogP contribution in [0.5, 0.6) is 0 Å². The normalized spacial score (nSPS) is 11.2. The van der Waals surface area contributed by atoms with Crippen molar-refractivity contribution in [2.75, 3.05) is 12.5 Å². The van der Waals surface area contributed by atoms with Crippen molar-refractivity contribution >= 4 is 17.2 Å². The van der Waals surface area contributed by atoms with Crippen molar-refractivity contribution in [3.05, 3.63) is 83.8 Å². The molecular formula is C21H14F7N3. The Balaban J connectivity index is 0.00000132. The van der Waals surface area contributed by atoms with Gasteiger partial charge in [-0.2, -0.15) is 13.2 Å². The number of pyridine rings is 1. The smallest absolute Gasteiger partial charge is 0.339 e. The molecule has 0 aliphatic carbocycles. The summed E-state index contributed by atoms with van der Waals surface area (Å²) in [6.07, 6.45) is -4.76. The van der Waals surface area contributed by atoms with Crippen LogP contribution in [0.3, 0.4) is 0 Å². The summed E-state index contributed by atoms with van der Waals surface area (Å²) in [5.41, 5.74) is -1.96. The molecule has 0 radical (unpaired) electrons. The van der Waals surface area contributed by atoms with Gasteiger partial charge in [0.2, 0.25) is 0 Å². The van der Waals surface area contributed by atoms with Crippen LogP contribution >= 0.6 is 0 Å². The molecule has 0 fully saturated rings. The molecule has 10 heteroatoms. The molecule has 4 aromatic rings. The summed E-state index contributed by atoms with van der Waals surface area (Å²) in [6, 6.07) is 11.1. The molecule has 0 unspecified atom stereocenters. The molecule has 0 bridgehead atoms. The lowest BCUT2D eigenvalue weighted by molar-refractivity contribution is -0.141. The zero-order chi connectivity index (χ0) is 22.8. The van der Waals surface area contributed by atoms with Crippen LogP contribution in [0.1, 0.15) is 5.69 Å². The van der Waals surface area contributed by atoms with Crippen LogP contribution in [-0.2, 0) is 6.18 Å². The maximum atomic E-state index is 14.4. The maximum Gasteiger partial charge on any atom is 0.431 e. The molecule has 1 N–H and O–H groups in total. The summed E-state index contributed by atoms with van der Waals surface area (Å²) in [4.78, 5) is 4.04. The van der Waals surface area contributed by atoms with Crippen LogP contribution in [0.2, 0.25) is 0 Å².